The number of carbonyl (C=O) groups is 2. The molecule has 0 saturated carbocycles. The van der Waals surface area contributed by atoms with Gasteiger partial charge in [0.25, 0.3) is 5.91 Å². The van der Waals surface area contributed by atoms with Crippen LogP contribution >= 0.6 is 11.3 Å². The van der Waals surface area contributed by atoms with Crippen LogP contribution in [0.2, 0.25) is 0 Å². The van der Waals surface area contributed by atoms with Crippen LogP contribution in [0.15, 0.2) is 66.9 Å². The molecule has 2 heterocycles. The van der Waals surface area contributed by atoms with Crippen LogP contribution in [-0.2, 0) is 4.79 Å². The maximum Gasteiger partial charge on any atom is 0.255 e. The predicted molar refractivity (Wildman–Crippen MR) is 112 cm³/mol. The van der Waals surface area contributed by atoms with Gasteiger partial charge in [-0.15, -0.1) is 0 Å². The van der Waals surface area contributed by atoms with Crippen LogP contribution in [0.3, 0.4) is 0 Å². The second-order valence-corrected chi connectivity index (χ2v) is 7.11. The molecule has 0 aliphatic heterocycles. The second-order valence-electron chi connectivity index (χ2n) is 6.14. The second kappa shape index (κ2) is 7.58. The number of rotatable bonds is 4. The molecule has 6 nitrogen and oxygen atoms in total. The molecule has 0 aliphatic rings. The summed E-state index contributed by atoms with van der Waals surface area (Å²) >= 11 is 1.53. The molecule has 0 unspecified atom stereocenters. The zero-order valence-electron chi connectivity index (χ0n) is 15.0. The lowest BCUT2D eigenvalue weighted by Gasteiger charge is -2.07. The van der Waals surface area contributed by atoms with Crippen molar-refractivity contribution in [2.45, 2.75) is 6.92 Å². The first-order valence-corrected chi connectivity index (χ1v) is 9.41. The summed E-state index contributed by atoms with van der Waals surface area (Å²) in [5.74, 6) is -0.368. The van der Waals surface area contributed by atoms with Gasteiger partial charge in [0.15, 0.2) is 0 Å². The van der Waals surface area contributed by atoms with Gasteiger partial charge in [-0.1, -0.05) is 11.3 Å². The minimum absolute atomic E-state index is 0.152. The maximum absolute atomic E-state index is 12.4. The predicted octanol–water partition coefficient (Wildman–Crippen LogP) is 4.57. The molecule has 2 amide bonds. The number of pyridine rings is 1. The number of thiazole rings is 1. The fourth-order valence-electron chi connectivity index (χ4n) is 2.70. The van der Waals surface area contributed by atoms with Gasteiger partial charge in [0.2, 0.25) is 5.91 Å². The lowest BCUT2D eigenvalue weighted by Crippen LogP contribution is -2.12. The van der Waals surface area contributed by atoms with E-state index in [0.29, 0.717) is 16.9 Å². The number of carbonyl (C=O) groups excluding carboxylic acids is 2. The normalized spacial score (nSPS) is 10.6. The zero-order valence-corrected chi connectivity index (χ0v) is 15.8. The summed E-state index contributed by atoms with van der Waals surface area (Å²) < 4.78 is 0. The highest BCUT2D eigenvalue weighted by atomic mass is 32.1. The van der Waals surface area contributed by atoms with Gasteiger partial charge in [-0.3, -0.25) is 9.59 Å². The summed E-state index contributed by atoms with van der Waals surface area (Å²) in [5.41, 5.74) is 3.70. The molecule has 0 bridgehead atoms. The van der Waals surface area contributed by atoms with Gasteiger partial charge < -0.3 is 10.6 Å². The molecule has 0 radical (unpaired) electrons. The summed E-state index contributed by atoms with van der Waals surface area (Å²) in [7, 11) is 0. The highest BCUT2D eigenvalue weighted by molar-refractivity contribution is 7.21. The Hall–Kier alpha value is -3.58. The smallest absolute Gasteiger partial charge is 0.255 e. The van der Waals surface area contributed by atoms with Crippen LogP contribution < -0.4 is 10.6 Å². The highest BCUT2D eigenvalue weighted by Crippen LogP contribution is 2.29. The summed E-state index contributed by atoms with van der Waals surface area (Å²) in [5, 5.41) is 6.43. The molecule has 0 aliphatic carbocycles. The minimum atomic E-state index is -0.216. The van der Waals surface area contributed by atoms with Crippen LogP contribution in [0.4, 0.5) is 11.4 Å². The van der Waals surface area contributed by atoms with Crippen LogP contribution in [0.5, 0.6) is 0 Å². The van der Waals surface area contributed by atoms with Crippen molar-refractivity contribution < 1.29 is 9.59 Å². The van der Waals surface area contributed by atoms with Crippen LogP contribution in [-0.4, -0.2) is 21.8 Å². The fraction of sp³-hybridized carbons (Fsp3) is 0.0476. The molecule has 0 saturated heterocycles. The number of nitrogens with zero attached hydrogens (tertiary/aromatic N) is 2. The Morgan fingerprint density at radius 1 is 0.893 bits per heavy atom. The lowest BCUT2D eigenvalue weighted by molar-refractivity contribution is -0.114. The molecular weight excluding hydrogens is 372 g/mol. The molecule has 28 heavy (non-hydrogen) atoms. The molecule has 4 aromatic rings. The van der Waals surface area contributed by atoms with Gasteiger partial charge >= 0.3 is 0 Å². The third kappa shape index (κ3) is 3.89. The number of anilines is 2. The Kier molecular flexibility index (Phi) is 4.82. The van der Waals surface area contributed by atoms with Crippen molar-refractivity contribution in [3.8, 4) is 10.6 Å². The third-order valence-electron chi connectivity index (χ3n) is 4.02. The summed E-state index contributed by atoms with van der Waals surface area (Å²) in [6, 6.07) is 18.1. The zero-order chi connectivity index (χ0) is 19.5. The Labute approximate surface area is 165 Å². The maximum atomic E-state index is 12.4. The van der Waals surface area contributed by atoms with Gasteiger partial charge in [-0.2, -0.15) is 0 Å². The van der Waals surface area contributed by atoms with Crippen molar-refractivity contribution in [2.24, 2.45) is 0 Å². The number of amides is 2. The molecule has 4 rings (SSSR count). The van der Waals surface area contributed by atoms with E-state index in [-0.39, 0.29) is 11.8 Å². The van der Waals surface area contributed by atoms with Crippen LogP contribution in [0.25, 0.3) is 20.9 Å². The highest BCUT2D eigenvalue weighted by Gasteiger charge is 2.09. The Balaban J connectivity index is 1.46. The van der Waals surface area contributed by atoms with Crippen molar-refractivity contribution in [2.75, 3.05) is 10.6 Å². The van der Waals surface area contributed by atoms with Crippen molar-refractivity contribution >= 4 is 44.9 Å². The Bertz CT molecular complexity index is 1120. The van der Waals surface area contributed by atoms with Gasteiger partial charge in [-0.05, 0) is 60.7 Å². The van der Waals surface area contributed by atoms with Gasteiger partial charge in [0.1, 0.15) is 15.4 Å². The fourth-order valence-corrected chi connectivity index (χ4v) is 3.61. The molecule has 7 heteroatoms. The van der Waals surface area contributed by atoms with E-state index < -0.39 is 0 Å². The Morgan fingerprint density at radius 3 is 2.25 bits per heavy atom. The van der Waals surface area contributed by atoms with Crippen LogP contribution in [0, 0.1) is 0 Å². The summed E-state index contributed by atoms with van der Waals surface area (Å²) in [6.45, 7) is 1.44. The number of hydrogen-bond acceptors (Lipinski definition) is 5. The molecule has 0 fully saturated rings. The van der Waals surface area contributed by atoms with E-state index >= 15 is 0 Å². The molecular formula is C21H16N4O2S. The molecule has 0 spiro atoms. The molecule has 2 aromatic carbocycles. The van der Waals surface area contributed by atoms with E-state index in [1.54, 1.807) is 30.5 Å². The number of hydrogen-bond donors (Lipinski definition) is 2. The van der Waals surface area contributed by atoms with E-state index in [9.17, 15) is 9.59 Å². The summed E-state index contributed by atoms with van der Waals surface area (Å²) in [6.07, 6.45) is 1.76. The molecule has 138 valence electrons. The van der Waals surface area contributed by atoms with Crippen LogP contribution in [0.1, 0.15) is 17.3 Å². The first-order chi connectivity index (χ1) is 13.6. The largest absolute Gasteiger partial charge is 0.326 e. The third-order valence-corrected chi connectivity index (χ3v) is 5.05. The van der Waals surface area contributed by atoms with E-state index in [4.69, 9.17) is 0 Å². The average Bonchev–Trinajstić information content (AvgIpc) is 3.13. The molecule has 2 N–H and O–H groups in total. The lowest BCUT2D eigenvalue weighted by atomic mass is 10.1. The first-order valence-electron chi connectivity index (χ1n) is 8.59. The van der Waals surface area contributed by atoms with E-state index in [1.165, 1.54) is 18.3 Å². The quantitative estimate of drug-likeness (QED) is 0.536. The summed E-state index contributed by atoms with van der Waals surface area (Å²) in [4.78, 5) is 33.3. The van der Waals surface area contributed by atoms with Gasteiger partial charge in [-0.25, -0.2) is 9.97 Å². The van der Waals surface area contributed by atoms with Crippen molar-refractivity contribution in [3.63, 3.8) is 0 Å². The number of aromatic nitrogens is 2. The number of nitrogens with one attached hydrogen (secondary N) is 2. The first kappa shape index (κ1) is 17.8. The van der Waals surface area contributed by atoms with Crippen molar-refractivity contribution in [1.29, 1.82) is 0 Å². The molecule has 0 atom stereocenters. The number of benzene rings is 2. The monoisotopic (exact) mass is 388 g/mol. The van der Waals surface area contributed by atoms with E-state index in [1.807, 2.05) is 36.4 Å². The average molecular weight is 388 g/mol. The van der Waals surface area contributed by atoms with Crippen molar-refractivity contribution in [3.05, 3.63) is 72.4 Å². The number of fused-ring (bicyclic) bond motifs is 1. The SMILES string of the molecule is CC(=O)Nc1ccc(C(=O)Nc2ccc(-c3nc4cccnc4s3)cc2)cc1. The minimum Gasteiger partial charge on any atom is -0.326 e. The van der Waals surface area contributed by atoms with E-state index in [0.717, 1.165) is 20.9 Å². The Morgan fingerprint density at radius 2 is 1.57 bits per heavy atom. The van der Waals surface area contributed by atoms with Gasteiger partial charge in [0, 0.05) is 35.6 Å². The van der Waals surface area contributed by atoms with E-state index in [2.05, 4.69) is 20.6 Å². The molecule has 2 aromatic heterocycles. The topological polar surface area (TPSA) is 84.0 Å². The van der Waals surface area contributed by atoms with Crippen molar-refractivity contribution in [1.82, 2.24) is 9.97 Å². The standard InChI is InChI=1S/C21H16N4O2S/c1-13(26)23-16-8-4-14(5-9-16)19(27)24-17-10-6-15(7-11-17)20-25-18-3-2-12-22-21(18)28-20/h2-12H,1H3,(H,23,26)(H,24,27). The van der Waals surface area contributed by atoms with Gasteiger partial charge in [0.05, 0.1) is 0 Å².